The highest BCUT2D eigenvalue weighted by Gasteiger charge is 2.27. The summed E-state index contributed by atoms with van der Waals surface area (Å²) in [5, 5.41) is 10.9. The third kappa shape index (κ3) is 6.56. The van der Waals surface area contributed by atoms with Gasteiger partial charge in [0.25, 0.3) is 5.91 Å². The van der Waals surface area contributed by atoms with E-state index in [2.05, 4.69) is 36.5 Å². The smallest absolute Gasteiger partial charge is 0.324 e. The van der Waals surface area contributed by atoms with E-state index >= 15 is 0 Å². The van der Waals surface area contributed by atoms with E-state index in [1.165, 1.54) is 0 Å². The molecule has 0 unspecified atom stereocenters. The molecule has 4 rings (SSSR count). The Balaban J connectivity index is 1.31. The zero-order chi connectivity index (χ0) is 26.7. The van der Waals surface area contributed by atoms with E-state index in [9.17, 15) is 9.59 Å². The van der Waals surface area contributed by atoms with Crippen molar-refractivity contribution in [1.82, 2.24) is 14.7 Å². The highest BCUT2D eigenvalue weighted by Crippen LogP contribution is 2.28. The van der Waals surface area contributed by atoms with Gasteiger partial charge in [-0.3, -0.25) is 14.8 Å². The number of rotatable bonds is 5. The topological polar surface area (TPSA) is 88.5 Å². The molecule has 0 aliphatic carbocycles. The number of likely N-dealkylation sites (tertiary alicyclic amines) is 1. The number of aromatic nitrogens is 2. The summed E-state index contributed by atoms with van der Waals surface area (Å²) in [5.74, 6) is 1.08. The van der Waals surface area contributed by atoms with Crippen LogP contribution in [0.2, 0.25) is 10.0 Å². The monoisotopic (exact) mass is 543 g/mol. The number of carbonyl (C=O) groups excluding carboxylic acids is 2. The van der Waals surface area contributed by atoms with E-state index in [0.29, 0.717) is 58.8 Å². The second-order valence-electron chi connectivity index (χ2n) is 10.1. The predicted molar refractivity (Wildman–Crippen MR) is 147 cm³/mol. The average molecular weight is 544 g/mol. The lowest BCUT2D eigenvalue weighted by atomic mass is 9.92. The quantitative estimate of drug-likeness (QED) is 0.392. The summed E-state index contributed by atoms with van der Waals surface area (Å²) in [6.07, 6.45) is 1.28. The number of aryl methyl sites for hydroxylation is 1. The summed E-state index contributed by atoms with van der Waals surface area (Å²) in [7, 11) is 1.79. The van der Waals surface area contributed by atoms with Crippen molar-refractivity contribution in [3.63, 3.8) is 0 Å². The van der Waals surface area contributed by atoms with Gasteiger partial charge in [0.1, 0.15) is 17.7 Å². The van der Waals surface area contributed by atoms with Crippen molar-refractivity contribution in [1.29, 1.82) is 0 Å². The molecule has 2 N–H and O–H groups in total. The number of nitrogens with one attached hydrogen (secondary N) is 2. The Hall–Kier alpha value is -3.23. The van der Waals surface area contributed by atoms with E-state index in [-0.39, 0.29) is 23.5 Å². The largest absolute Gasteiger partial charge is 0.490 e. The first-order valence-corrected chi connectivity index (χ1v) is 12.9. The average Bonchev–Trinajstić information content (AvgIpc) is 3.20. The molecule has 0 atom stereocenters. The molecule has 0 bridgehead atoms. The summed E-state index contributed by atoms with van der Waals surface area (Å²) in [5.41, 5.74) is 1.71. The number of hydrogen-bond acceptors (Lipinski definition) is 4. The fourth-order valence-electron chi connectivity index (χ4n) is 4.11. The Morgan fingerprint density at radius 1 is 1.00 bits per heavy atom. The zero-order valence-electron chi connectivity index (χ0n) is 21.3. The van der Waals surface area contributed by atoms with E-state index in [1.54, 1.807) is 47.0 Å². The Bertz CT molecular complexity index is 1270. The Labute approximate surface area is 226 Å². The molecule has 10 heteroatoms. The predicted octanol–water partition coefficient (Wildman–Crippen LogP) is 6.35. The number of amides is 3. The number of benzene rings is 2. The van der Waals surface area contributed by atoms with Crippen LogP contribution in [0.15, 0.2) is 48.5 Å². The van der Waals surface area contributed by atoms with Crippen molar-refractivity contribution in [3.05, 3.63) is 69.8 Å². The zero-order valence-corrected chi connectivity index (χ0v) is 22.9. The molecule has 37 heavy (non-hydrogen) atoms. The number of urea groups is 1. The number of carbonyl (C=O) groups is 2. The van der Waals surface area contributed by atoms with Crippen molar-refractivity contribution >= 4 is 46.6 Å². The lowest BCUT2D eigenvalue weighted by Gasteiger charge is -2.32. The van der Waals surface area contributed by atoms with Gasteiger partial charge in [0, 0.05) is 56.2 Å². The molecule has 3 amide bonds. The fraction of sp³-hybridized carbons (Fsp3) is 0.370. The van der Waals surface area contributed by atoms with E-state index in [4.69, 9.17) is 27.9 Å². The molecule has 1 aromatic heterocycles. The normalized spacial score (nSPS) is 14.4. The maximum Gasteiger partial charge on any atom is 0.324 e. The fourth-order valence-corrected chi connectivity index (χ4v) is 4.67. The maximum atomic E-state index is 12.9. The standard InChI is InChI=1S/C27H31Cl2N5O3/c1-27(2,3)22-16-23(33(4)32-22)31-26(36)30-17-7-5-8-19(15-17)37-18-11-13-34(14-12-18)25(35)24-20(28)9-6-10-21(24)29/h5-10,15-16,18H,11-14H2,1-4H3,(H2,30,31,36). The molecule has 1 saturated heterocycles. The maximum absolute atomic E-state index is 12.9. The van der Waals surface area contributed by atoms with E-state index < -0.39 is 0 Å². The highest BCUT2D eigenvalue weighted by molar-refractivity contribution is 6.39. The van der Waals surface area contributed by atoms with Crippen LogP contribution in [-0.4, -0.2) is 45.8 Å². The Morgan fingerprint density at radius 2 is 1.65 bits per heavy atom. The van der Waals surface area contributed by atoms with Crippen LogP contribution in [0.4, 0.5) is 16.3 Å². The molecule has 1 fully saturated rings. The summed E-state index contributed by atoms with van der Waals surface area (Å²) in [6, 6.07) is 13.8. The molecule has 196 valence electrons. The number of hydrogen-bond donors (Lipinski definition) is 2. The van der Waals surface area contributed by atoms with Gasteiger partial charge in [0.2, 0.25) is 0 Å². The van der Waals surface area contributed by atoms with Crippen LogP contribution in [0.1, 0.15) is 49.7 Å². The second-order valence-corrected chi connectivity index (χ2v) is 10.9. The number of piperidine rings is 1. The van der Waals surface area contributed by atoms with Crippen LogP contribution in [0.5, 0.6) is 5.75 Å². The number of nitrogens with zero attached hydrogens (tertiary/aromatic N) is 3. The van der Waals surface area contributed by atoms with Crippen LogP contribution >= 0.6 is 23.2 Å². The summed E-state index contributed by atoms with van der Waals surface area (Å²) in [4.78, 5) is 27.3. The van der Waals surface area contributed by atoms with Crippen molar-refractivity contribution in [2.45, 2.75) is 45.1 Å². The molecule has 2 heterocycles. The van der Waals surface area contributed by atoms with Crippen molar-refractivity contribution in [3.8, 4) is 5.75 Å². The van der Waals surface area contributed by atoms with Gasteiger partial charge in [-0.2, -0.15) is 5.10 Å². The Kier molecular flexibility index (Phi) is 7.99. The molecule has 0 spiro atoms. The number of anilines is 2. The summed E-state index contributed by atoms with van der Waals surface area (Å²) < 4.78 is 7.81. The molecular formula is C27H31Cl2N5O3. The molecule has 1 aliphatic heterocycles. The van der Waals surface area contributed by atoms with Crippen molar-refractivity contribution in [2.75, 3.05) is 23.7 Å². The van der Waals surface area contributed by atoms with Crippen LogP contribution < -0.4 is 15.4 Å². The van der Waals surface area contributed by atoms with Crippen LogP contribution in [0.3, 0.4) is 0 Å². The first-order chi connectivity index (χ1) is 17.5. The van der Waals surface area contributed by atoms with Gasteiger partial charge in [-0.15, -0.1) is 0 Å². The minimum Gasteiger partial charge on any atom is -0.490 e. The van der Waals surface area contributed by atoms with Crippen molar-refractivity contribution < 1.29 is 14.3 Å². The summed E-state index contributed by atoms with van der Waals surface area (Å²) >= 11 is 12.4. The molecular weight excluding hydrogens is 513 g/mol. The van der Waals surface area contributed by atoms with Gasteiger partial charge < -0.3 is 15.0 Å². The number of halogens is 2. The highest BCUT2D eigenvalue weighted by atomic mass is 35.5. The molecule has 0 saturated carbocycles. The van der Waals surface area contributed by atoms with Gasteiger partial charge in [-0.05, 0) is 24.3 Å². The molecule has 3 aromatic rings. The third-order valence-corrected chi connectivity index (χ3v) is 6.82. The summed E-state index contributed by atoms with van der Waals surface area (Å²) in [6.45, 7) is 7.28. The second kappa shape index (κ2) is 11.0. The minimum atomic E-state index is -0.370. The van der Waals surface area contributed by atoms with E-state index in [0.717, 1.165) is 5.69 Å². The van der Waals surface area contributed by atoms with Gasteiger partial charge in [-0.25, -0.2) is 4.79 Å². The van der Waals surface area contributed by atoms with Gasteiger partial charge >= 0.3 is 6.03 Å². The SMILES string of the molecule is Cn1nc(C(C)(C)C)cc1NC(=O)Nc1cccc(OC2CCN(C(=O)c3c(Cl)cccc3Cl)CC2)c1. The van der Waals surface area contributed by atoms with Crippen LogP contribution in [0, 0.1) is 0 Å². The molecule has 2 aromatic carbocycles. The van der Waals surface area contributed by atoms with Gasteiger partial charge in [-0.1, -0.05) is 56.1 Å². The molecule has 1 aliphatic rings. The molecule has 8 nitrogen and oxygen atoms in total. The third-order valence-electron chi connectivity index (χ3n) is 6.19. The van der Waals surface area contributed by atoms with Crippen LogP contribution in [0.25, 0.3) is 0 Å². The van der Waals surface area contributed by atoms with Crippen LogP contribution in [-0.2, 0) is 12.5 Å². The van der Waals surface area contributed by atoms with Gasteiger partial charge in [0.15, 0.2) is 0 Å². The minimum absolute atomic E-state index is 0.0555. The van der Waals surface area contributed by atoms with Gasteiger partial charge in [0.05, 0.1) is 21.3 Å². The first kappa shape index (κ1) is 26.8. The lowest BCUT2D eigenvalue weighted by Crippen LogP contribution is -2.42. The van der Waals surface area contributed by atoms with Crippen molar-refractivity contribution in [2.24, 2.45) is 7.05 Å². The first-order valence-electron chi connectivity index (χ1n) is 12.1. The lowest BCUT2D eigenvalue weighted by molar-refractivity contribution is 0.0596. The number of ether oxygens (including phenoxy) is 1. The Morgan fingerprint density at radius 3 is 2.27 bits per heavy atom. The molecule has 0 radical (unpaired) electrons. The van der Waals surface area contributed by atoms with E-state index in [1.807, 2.05) is 18.2 Å².